The highest BCUT2D eigenvalue weighted by molar-refractivity contribution is 6.23. The average molecular weight is 272 g/mol. The van der Waals surface area contributed by atoms with Gasteiger partial charge in [-0.25, -0.2) is 0 Å². The van der Waals surface area contributed by atoms with Gasteiger partial charge in [-0.2, -0.15) is 0 Å². The molecular weight excluding hydrogens is 239 g/mol. The van der Waals surface area contributed by atoms with Crippen LogP contribution in [0.15, 0.2) is 48.5 Å². The van der Waals surface area contributed by atoms with Crippen molar-refractivity contribution < 1.29 is 0 Å². The summed E-state index contributed by atoms with van der Waals surface area (Å²) in [5.41, 5.74) is 2.61. The first-order valence-corrected chi connectivity index (χ1v) is 8.32. The summed E-state index contributed by atoms with van der Waals surface area (Å²) < 4.78 is 0. The molecule has 0 spiro atoms. The normalized spacial score (nSPS) is 14.1. The number of rotatable bonds is 12. The predicted octanol–water partition coefficient (Wildman–Crippen LogP) is 5.58. The smallest absolute Gasteiger partial charge is 0.0996 e. The van der Waals surface area contributed by atoms with E-state index in [0.29, 0.717) is 5.92 Å². The van der Waals surface area contributed by atoms with Crippen molar-refractivity contribution in [3.8, 4) is 0 Å². The summed E-state index contributed by atoms with van der Waals surface area (Å²) >= 11 is 0. The average Bonchev–Trinajstić information content (AvgIpc) is 2.48. The minimum Gasteiger partial charge on any atom is -0.0996 e. The summed E-state index contributed by atoms with van der Waals surface area (Å²) in [4.78, 5) is 0. The second-order valence-corrected chi connectivity index (χ2v) is 5.67. The maximum atomic E-state index is 4.01. The molecule has 112 valence electrons. The van der Waals surface area contributed by atoms with Crippen molar-refractivity contribution in [3.63, 3.8) is 0 Å². The second kappa shape index (κ2) is 13.0. The van der Waals surface area contributed by atoms with Crippen LogP contribution in [0.1, 0.15) is 65.2 Å². The van der Waals surface area contributed by atoms with Crippen LogP contribution in [0.3, 0.4) is 0 Å². The molecule has 0 N–H and O–H groups in total. The van der Waals surface area contributed by atoms with Gasteiger partial charge in [0.05, 0.1) is 0 Å². The SMILES string of the molecule is B/C(C=C)=C/C=C(\C=C)C(CCCC)CCCCCC. The van der Waals surface area contributed by atoms with Gasteiger partial charge in [0.25, 0.3) is 0 Å². The van der Waals surface area contributed by atoms with Crippen LogP contribution in [0, 0.1) is 5.92 Å². The van der Waals surface area contributed by atoms with Crippen LogP contribution in [-0.4, -0.2) is 7.85 Å². The molecule has 0 aromatic rings. The lowest BCUT2D eigenvalue weighted by Gasteiger charge is -2.18. The zero-order valence-electron chi connectivity index (χ0n) is 14.0. The van der Waals surface area contributed by atoms with E-state index >= 15 is 0 Å². The molecule has 0 amide bonds. The summed E-state index contributed by atoms with van der Waals surface area (Å²) in [5.74, 6) is 0.679. The first-order valence-electron chi connectivity index (χ1n) is 8.32. The van der Waals surface area contributed by atoms with Gasteiger partial charge in [-0.3, -0.25) is 0 Å². The summed E-state index contributed by atoms with van der Waals surface area (Å²) in [6, 6.07) is 0. The van der Waals surface area contributed by atoms with E-state index in [9.17, 15) is 0 Å². The van der Waals surface area contributed by atoms with Crippen LogP contribution < -0.4 is 0 Å². The molecular formula is C19H33B. The van der Waals surface area contributed by atoms with Crippen LogP contribution >= 0.6 is 0 Å². The Morgan fingerprint density at radius 3 is 2.10 bits per heavy atom. The molecule has 0 aliphatic heterocycles. The van der Waals surface area contributed by atoms with Gasteiger partial charge in [0.15, 0.2) is 0 Å². The third kappa shape index (κ3) is 9.01. The van der Waals surface area contributed by atoms with E-state index in [4.69, 9.17) is 0 Å². The highest BCUT2D eigenvalue weighted by Gasteiger charge is 2.10. The molecule has 1 heteroatoms. The van der Waals surface area contributed by atoms with Crippen molar-refractivity contribution >= 4 is 7.85 Å². The third-order valence-electron chi connectivity index (χ3n) is 3.88. The van der Waals surface area contributed by atoms with Crippen LogP contribution in [0.25, 0.3) is 0 Å². The fraction of sp³-hybridized carbons (Fsp3) is 0.579. The quantitative estimate of drug-likeness (QED) is 0.247. The maximum absolute atomic E-state index is 4.01. The number of allylic oxidation sites excluding steroid dienone is 6. The maximum Gasteiger partial charge on any atom is 0.139 e. The van der Waals surface area contributed by atoms with Crippen LogP contribution in [0.5, 0.6) is 0 Å². The van der Waals surface area contributed by atoms with Crippen molar-refractivity contribution in [1.82, 2.24) is 0 Å². The van der Waals surface area contributed by atoms with E-state index in [0.717, 1.165) is 0 Å². The Labute approximate surface area is 128 Å². The van der Waals surface area contributed by atoms with Gasteiger partial charge in [-0.05, 0) is 24.3 Å². The predicted molar refractivity (Wildman–Crippen MR) is 96.9 cm³/mol. The van der Waals surface area contributed by atoms with Gasteiger partial charge in [0, 0.05) is 0 Å². The van der Waals surface area contributed by atoms with Crippen LogP contribution in [-0.2, 0) is 0 Å². The van der Waals surface area contributed by atoms with E-state index in [1.54, 1.807) is 0 Å². The molecule has 0 aromatic heterocycles. The van der Waals surface area contributed by atoms with Gasteiger partial charge >= 0.3 is 0 Å². The minimum atomic E-state index is 0.679. The van der Waals surface area contributed by atoms with Crippen LogP contribution in [0.2, 0.25) is 0 Å². The Bertz CT molecular complexity index is 323. The molecule has 0 fully saturated rings. The number of hydrogen-bond acceptors (Lipinski definition) is 0. The lowest BCUT2D eigenvalue weighted by Crippen LogP contribution is -2.03. The van der Waals surface area contributed by atoms with E-state index < -0.39 is 0 Å². The Kier molecular flexibility index (Phi) is 12.4. The van der Waals surface area contributed by atoms with E-state index in [1.807, 2.05) is 12.2 Å². The summed E-state index contributed by atoms with van der Waals surface area (Å²) in [6.07, 6.45) is 18.9. The number of unbranched alkanes of at least 4 members (excludes halogenated alkanes) is 4. The van der Waals surface area contributed by atoms with E-state index in [-0.39, 0.29) is 0 Å². The van der Waals surface area contributed by atoms with Crippen LogP contribution in [0.4, 0.5) is 0 Å². The van der Waals surface area contributed by atoms with Crippen molar-refractivity contribution in [2.45, 2.75) is 65.2 Å². The summed E-state index contributed by atoms with van der Waals surface area (Å²) in [6.45, 7) is 12.4. The lowest BCUT2D eigenvalue weighted by atomic mass is 9.87. The highest BCUT2D eigenvalue weighted by atomic mass is 14.2. The number of hydrogen-bond donors (Lipinski definition) is 0. The van der Waals surface area contributed by atoms with Crippen molar-refractivity contribution in [1.29, 1.82) is 0 Å². The fourth-order valence-electron chi connectivity index (χ4n) is 2.41. The molecule has 0 aliphatic carbocycles. The largest absolute Gasteiger partial charge is 0.139 e. The first-order chi connectivity index (χ1) is 9.69. The summed E-state index contributed by atoms with van der Waals surface area (Å²) in [7, 11) is 2.09. The van der Waals surface area contributed by atoms with E-state index in [2.05, 4.69) is 47.0 Å². The molecule has 20 heavy (non-hydrogen) atoms. The monoisotopic (exact) mass is 272 g/mol. The Morgan fingerprint density at radius 1 is 0.900 bits per heavy atom. The molecule has 0 nitrogen and oxygen atoms in total. The van der Waals surface area contributed by atoms with Crippen molar-refractivity contribution in [3.05, 3.63) is 48.5 Å². The Balaban J connectivity index is 4.67. The van der Waals surface area contributed by atoms with Gasteiger partial charge in [-0.1, -0.05) is 95.3 Å². The molecule has 1 atom stereocenters. The first kappa shape index (κ1) is 19.0. The Hall–Kier alpha value is -0.975. The zero-order chi connectivity index (χ0) is 15.2. The molecule has 0 saturated heterocycles. The minimum absolute atomic E-state index is 0.679. The molecule has 0 heterocycles. The zero-order valence-corrected chi connectivity index (χ0v) is 14.0. The standard InChI is InChI=1S/C19H33B/c1-5-9-11-12-14-18(13-10-6-2)17(7-3)15-16-19(20)8-4/h7-8,15-16,18H,3-6,9-14,20H2,1-2H3/b17-15+,19-16+. The van der Waals surface area contributed by atoms with Gasteiger partial charge in [0.2, 0.25) is 0 Å². The van der Waals surface area contributed by atoms with Gasteiger partial charge < -0.3 is 0 Å². The molecule has 0 radical (unpaired) electrons. The molecule has 0 aromatic carbocycles. The molecule has 0 aliphatic rings. The summed E-state index contributed by atoms with van der Waals surface area (Å²) in [5, 5.41) is 0. The molecule has 0 saturated carbocycles. The molecule has 0 rings (SSSR count). The lowest BCUT2D eigenvalue weighted by molar-refractivity contribution is 0.471. The van der Waals surface area contributed by atoms with Crippen molar-refractivity contribution in [2.75, 3.05) is 0 Å². The molecule has 1 unspecified atom stereocenters. The topological polar surface area (TPSA) is 0 Å². The Morgan fingerprint density at radius 2 is 1.55 bits per heavy atom. The second-order valence-electron chi connectivity index (χ2n) is 5.67. The third-order valence-corrected chi connectivity index (χ3v) is 3.88. The van der Waals surface area contributed by atoms with Crippen molar-refractivity contribution in [2.24, 2.45) is 5.92 Å². The van der Waals surface area contributed by atoms with E-state index in [1.165, 1.54) is 62.4 Å². The van der Waals surface area contributed by atoms with Gasteiger partial charge in [0.1, 0.15) is 7.85 Å². The highest BCUT2D eigenvalue weighted by Crippen LogP contribution is 2.25. The molecule has 0 bridgehead atoms. The van der Waals surface area contributed by atoms with Gasteiger partial charge in [-0.15, -0.1) is 0 Å². The fourth-order valence-corrected chi connectivity index (χ4v) is 2.41.